The van der Waals surface area contributed by atoms with Crippen LogP contribution in [0.4, 0.5) is 0 Å². The maximum atomic E-state index is 4.89. The molecule has 0 saturated heterocycles. The average molecular weight is 290 g/mol. The molecule has 0 aliphatic heterocycles. The summed E-state index contributed by atoms with van der Waals surface area (Å²) in [5, 5.41) is 4.85. The van der Waals surface area contributed by atoms with E-state index < -0.39 is 0 Å². The van der Waals surface area contributed by atoms with Crippen molar-refractivity contribution in [3.8, 4) is 0 Å². The Hall–Kier alpha value is -1.20. The topological polar surface area (TPSA) is 42.7 Å². The Labute approximate surface area is 124 Å². The highest BCUT2D eigenvalue weighted by atomic mass is 32.1. The third kappa shape index (κ3) is 2.52. The van der Waals surface area contributed by atoms with Crippen molar-refractivity contribution in [3.05, 3.63) is 33.8 Å². The summed E-state index contributed by atoms with van der Waals surface area (Å²) < 4.78 is 2.21. The van der Waals surface area contributed by atoms with E-state index in [1.165, 1.54) is 34.1 Å². The van der Waals surface area contributed by atoms with Crippen LogP contribution >= 0.6 is 11.3 Å². The molecular weight excluding hydrogens is 268 g/mol. The van der Waals surface area contributed by atoms with Crippen molar-refractivity contribution in [2.24, 2.45) is 0 Å². The van der Waals surface area contributed by atoms with E-state index in [1.54, 1.807) is 0 Å². The Morgan fingerprint density at radius 2 is 2.30 bits per heavy atom. The van der Waals surface area contributed by atoms with Gasteiger partial charge in [0.1, 0.15) is 11.0 Å². The molecule has 0 bridgehead atoms. The van der Waals surface area contributed by atoms with Crippen LogP contribution in [0.1, 0.15) is 54.0 Å². The average Bonchev–Trinajstić information content (AvgIpc) is 3.13. The van der Waals surface area contributed by atoms with Gasteiger partial charge >= 0.3 is 0 Å². The number of imidazole rings is 1. The van der Waals surface area contributed by atoms with Crippen molar-refractivity contribution in [3.63, 3.8) is 0 Å². The van der Waals surface area contributed by atoms with E-state index in [1.807, 2.05) is 23.9 Å². The van der Waals surface area contributed by atoms with Crippen molar-refractivity contribution >= 4 is 11.3 Å². The fourth-order valence-electron chi connectivity index (χ4n) is 2.78. The lowest BCUT2D eigenvalue weighted by Gasteiger charge is -2.17. The molecule has 108 valence electrons. The highest BCUT2D eigenvalue weighted by Gasteiger charge is 2.24. The lowest BCUT2D eigenvalue weighted by atomic mass is 10.2. The van der Waals surface area contributed by atoms with Gasteiger partial charge in [0.25, 0.3) is 0 Å². The molecule has 0 amide bonds. The lowest BCUT2D eigenvalue weighted by molar-refractivity contribution is 0.552. The van der Waals surface area contributed by atoms with Crippen LogP contribution in [-0.2, 0) is 19.4 Å². The van der Waals surface area contributed by atoms with Gasteiger partial charge in [0.05, 0.1) is 23.9 Å². The monoisotopic (exact) mass is 290 g/mol. The number of fused-ring (bicyclic) bond motifs is 1. The number of aromatic nitrogens is 3. The second-order valence-electron chi connectivity index (χ2n) is 5.27. The number of aryl methyl sites for hydroxylation is 3. The summed E-state index contributed by atoms with van der Waals surface area (Å²) in [5.74, 6) is 0. The molecule has 0 radical (unpaired) electrons. The number of rotatable bonds is 6. The van der Waals surface area contributed by atoms with E-state index in [0.29, 0.717) is 0 Å². The van der Waals surface area contributed by atoms with Crippen LogP contribution in [0, 0.1) is 0 Å². The van der Waals surface area contributed by atoms with Gasteiger partial charge in [-0.3, -0.25) is 0 Å². The molecule has 5 heteroatoms. The molecule has 1 aliphatic carbocycles. The Morgan fingerprint density at radius 3 is 3.05 bits per heavy atom. The Bertz CT molecular complexity index is 551. The van der Waals surface area contributed by atoms with Crippen molar-refractivity contribution in [2.75, 3.05) is 6.54 Å². The molecular formula is C15H22N4S. The molecule has 1 unspecified atom stereocenters. The molecule has 0 saturated carbocycles. The van der Waals surface area contributed by atoms with Gasteiger partial charge in [0, 0.05) is 11.4 Å². The van der Waals surface area contributed by atoms with Gasteiger partial charge in [-0.15, -0.1) is 11.3 Å². The summed E-state index contributed by atoms with van der Waals surface area (Å²) >= 11 is 1.88. The highest BCUT2D eigenvalue weighted by molar-refractivity contribution is 7.11. The van der Waals surface area contributed by atoms with E-state index in [0.717, 1.165) is 25.9 Å². The van der Waals surface area contributed by atoms with Gasteiger partial charge in [0.2, 0.25) is 0 Å². The molecule has 4 nitrogen and oxygen atoms in total. The summed E-state index contributed by atoms with van der Waals surface area (Å²) in [5.41, 5.74) is 2.56. The van der Waals surface area contributed by atoms with Gasteiger partial charge in [-0.05, 0) is 39.2 Å². The summed E-state index contributed by atoms with van der Waals surface area (Å²) in [4.78, 5) is 10.7. The van der Waals surface area contributed by atoms with Gasteiger partial charge < -0.3 is 9.88 Å². The third-order valence-corrected chi connectivity index (χ3v) is 5.06. The van der Waals surface area contributed by atoms with Crippen LogP contribution in [-0.4, -0.2) is 21.1 Å². The normalized spacial score (nSPS) is 15.5. The van der Waals surface area contributed by atoms with Crippen molar-refractivity contribution < 1.29 is 0 Å². The summed E-state index contributed by atoms with van der Waals surface area (Å²) in [7, 11) is 0. The first-order valence-corrected chi connectivity index (χ1v) is 8.37. The lowest BCUT2D eigenvalue weighted by Crippen LogP contribution is -2.25. The molecule has 2 aromatic rings. The second-order valence-corrected chi connectivity index (χ2v) is 6.38. The Balaban J connectivity index is 1.92. The van der Waals surface area contributed by atoms with Crippen LogP contribution in [0.3, 0.4) is 0 Å². The molecule has 2 aromatic heterocycles. The molecule has 1 aliphatic rings. The van der Waals surface area contributed by atoms with E-state index in [9.17, 15) is 0 Å². The maximum Gasteiger partial charge on any atom is 0.116 e. The molecule has 0 fully saturated rings. The number of thiazole rings is 1. The van der Waals surface area contributed by atoms with E-state index in [2.05, 4.69) is 28.7 Å². The van der Waals surface area contributed by atoms with Crippen LogP contribution in [0.15, 0.2) is 12.5 Å². The zero-order valence-electron chi connectivity index (χ0n) is 12.2. The van der Waals surface area contributed by atoms with Crippen molar-refractivity contribution in [1.29, 1.82) is 0 Å². The van der Waals surface area contributed by atoms with Crippen LogP contribution in [0.2, 0.25) is 0 Å². The maximum absolute atomic E-state index is 4.89. The van der Waals surface area contributed by atoms with Crippen LogP contribution in [0.5, 0.6) is 0 Å². The molecule has 3 rings (SSSR count). The molecule has 0 spiro atoms. The Morgan fingerprint density at radius 1 is 1.40 bits per heavy atom. The quantitative estimate of drug-likeness (QED) is 0.889. The first-order valence-electron chi connectivity index (χ1n) is 7.55. The van der Waals surface area contributed by atoms with Gasteiger partial charge in [-0.1, -0.05) is 6.92 Å². The van der Waals surface area contributed by atoms with Crippen LogP contribution < -0.4 is 5.32 Å². The zero-order chi connectivity index (χ0) is 13.9. The van der Waals surface area contributed by atoms with E-state index in [-0.39, 0.29) is 6.04 Å². The number of nitrogens with one attached hydrogen (secondary N) is 1. The van der Waals surface area contributed by atoms with Crippen molar-refractivity contribution in [1.82, 2.24) is 19.9 Å². The molecule has 1 atom stereocenters. The van der Waals surface area contributed by atoms with Crippen molar-refractivity contribution in [2.45, 2.75) is 52.1 Å². The Kier molecular flexibility index (Phi) is 4.17. The summed E-state index contributed by atoms with van der Waals surface area (Å²) in [6.45, 7) is 6.31. The fraction of sp³-hybridized carbons (Fsp3) is 0.600. The van der Waals surface area contributed by atoms with Gasteiger partial charge in [0.15, 0.2) is 0 Å². The summed E-state index contributed by atoms with van der Waals surface area (Å²) in [6.07, 6.45) is 8.65. The standard InChI is InChI=1S/C15H22N4S/c1-3-8-17-14(12-9-16-10-19(12)4-2)15-18-11-6-5-7-13(11)20-15/h9-10,14,17H,3-8H2,1-2H3. The number of nitrogens with zero attached hydrogens (tertiary/aromatic N) is 3. The molecule has 1 N–H and O–H groups in total. The first-order chi connectivity index (χ1) is 9.83. The minimum Gasteiger partial charge on any atom is -0.333 e. The molecule has 20 heavy (non-hydrogen) atoms. The zero-order valence-corrected chi connectivity index (χ0v) is 13.0. The van der Waals surface area contributed by atoms with Gasteiger partial charge in [-0.2, -0.15) is 0 Å². The smallest absolute Gasteiger partial charge is 0.116 e. The SMILES string of the molecule is CCCNC(c1nc2c(s1)CCC2)c1cncn1CC. The second kappa shape index (κ2) is 6.06. The predicted octanol–water partition coefficient (Wildman–Crippen LogP) is 2.94. The predicted molar refractivity (Wildman–Crippen MR) is 82.2 cm³/mol. The fourth-order valence-corrected chi connectivity index (χ4v) is 4.02. The minimum atomic E-state index is 0.188. The third-order valence-electron chi connectivity index (χ3n) is 3.84. The van der Waals surface area contributed by atoms with E-state index in [4.69, 9.17) is 4.98 Å². The minimum absolute atomic E-state index is 0.188. The van der Waals surface area contributed by atoms with Crippen LogP contribution in [0.25, 0.3) is 0 Å². The number of hydrogen-bond donors (Lipinski definition) is 1. The summed E-state index contributed by atoms with van der Waals surface area (Å²) in [6, 6.07) is 0.188. The highest BCUT2D eigenvalue weighted by Crippen LogP contribution is 2.33. The van der Waals surface area contributed by atoms with E-state index >= 15 is 0 Å². The number of hydrogen-bond acceptors (Lipinski definition) is 4. The van der Waals surface area contributed by atoms with Gasteiger partial charge in [-0.25, -0.2) is 9.97 Å². The molecule has 0 aromatic carbocycles. The first kappa shape index (κ1) is 13.8. The largest absolute Gasteiger partial charge is 0.333 e. The molecule has 2 heterocycles.